The van der Waals surface area contributed by atoms with E-state index in [2.05, 4.69) is 10.2 Å². The number of para-hydroxylation sites is 1. The zero-order valence-corrected chi connectivity index (χ0v) is 15.2. The SMILES string of the molecule is O=C(OCC(=O)C12CC3CC(CC(C3)C1)C2)c1cnn(-c2ccccc2)n1. The predicted octanol–water partition coefficient (Wildman–Crippen LogP) is 3.21. The minimum absolute atomic E-state index is 0.102. The van der Waals surface area contributed by atoms with Gasteiger partial charge < -0.3 is 4.74 Å². The second-order valence-electron chi connectivity index (χ2n) is 8.55. The summed E-state index contributed by atoms with van der Waals surface area (Å²) in [7, 11) is 0. The number of Topliss-reactive ketones (excluding diaryl/α,β-unsaturated/α-hetero) is 1. The zero-order chi connectivity index (χ0) is 18.4. The minimum atomic E-state index is -0.588. The first-order valence-electron chi connectivity index (χ1n) is 9.79. The van der Waals surface area contributed by atoms with Crippen LogP contribution >= 0.6 is 0 Å². The molecule has 1 aromatic heterocycles. The summed E-state index contributed by atoms with van der Waals surface area (Å²) in [6.07, 6.45) is 8.20. The average molecular weight is 365 g/mol. The van der Waals surface area contributed by atoms with E-state index >= 15 is 0 Å². The van der Waals surface area contributed by atoms with Crippen LogP contribution in [0.2, 0.25) is 0 Å². The number of aromatic nitrogens is 3. The first-order chi connectivity index (χ1) is 13.1. The molecular formula is C21H23N3O3. The van der Waals surface area contributed by atoms with Gasteiger partial charge in [0.2, 0.25) is 0 Å². The van der Waals surface area contributed by atoms with Crippen molar-refractivity contribution >= 4 is 11.8 Å². The summed E-state index contributed by atoms with van der Waals surface area (Å²) in [5, 5.41) is 8.28. The maximum absolute atomic E-state index is 12.9. The van der Waals surface area contributed by atoms with Crippen LogP contribution in [0.3, 0.4) is 0 Å². The van der Waals surface area contributed by atoms with E-state index in [1.165, 1.54) is 30.3 Å². The van der Waals surface area contributed by atoms with E-state index in [9.17, 15) is 9.59 Å². The van der Waals surface area contributed by atoms with Crippen LogP contribution in [0.1, 0.15) is 49.0 Å². The lowest BCUT2D eigenvalue weighted by atomic mass is 9.48. The molecule has 6 nitrogen and oxygen atoms in total. The van der Waals surface area contributed by atoms with E-state index in [-0.39, 0.29) is 23.5 Å². The van der Waals surface area contributed by atoms with E-state index in [0.29, 0.717) is 17.8 Å². The lowest BCUT2D eigenvalue weighted by Gasteiger charge is -2.55. The van der Waals surface area contributed by atoms with Gasteiger partial charge in [-0.25, -0.2) is 4.79 Å². The molecule has 6 heteroatoms. The molecule has 4 saturated carbocycles. The van der Waals surface area contributed by atoms with Crippen LogP contribution in [0.4, 0.5) is 0 Å². The zero-order valence-electron chi connectivity index (χ0n) is 15.2. The van der Waals surface area contributed by atoms with Crippen molar-refractivity contribution in [3.63, 3.8) is 0 Å². The van der Waals surface area contributed by atoms with Gasteiger partial charge in [0, 0.05) is 5.41 Å². The molecule has 6 rings (SSSR count). The fourth-order valence-corrected chi connectivity index (χ4v) is 5.85. The molecule has 2 aromatic rings. The van der Waals surface area contributed by atoms with E-state index in [1.807, 2.05) is 30.3 Å². The third-order valence-electron chi connectivity index (χ3n) is 6.65. The minimum Gasteiger partial charge on any atom is -0.453 e. The molecule has 0 unspecified atom stereocenters. The van der Waals surface area contributed by atoms with Crippen molar-refractivity contribution in [3.05, 3.63) is 42.2 Å². The molecule has 0 aliphatic heterocycles. The topological polar surface area (TPSA) is 74.1 Å². The summed E-state index contributed by atoms with van der Waals surface area (Å²) >= 11 is 0. The lowest BCUT2D eigenvalue weighted by molar-refractivity contribution is -0.147. The van der Waals surface area contributed by atoms with E-state index in [0.717, 1.165) is 24.9 Å². The highest BCUT2D eigenvalue weighted by Gasteiger charge is 2.54. The Hall–Kier alpha value is -2.50. The number of hydrogen-bond acceptors (Lipinski definition) is 5. The number of esters is 1. The monoisotopic (exact) mass is 365 g/mol. The van der Waals surface area contributed by atoms with Crippen LogP contribution < -0.4 is 0 Å². The van der Waals surface area contributed by atoms with Crippen LogP contribution in [0.25, 0.3) is 5.69 Å². The predicted molar refractivity (Wildman–Crippen MR) is 97.3 cm³/mol. The average Bonchev–Trinajstić information content (AvgIpc) is 3.16. The van der Waals surface area contributed by atoms with Crippen molar-refractivity contribution in [1.82, 2.24) is 15.0 Å². The molecule has 4 aliphatic rings. The number of benzene rings is 1. The van der Waals surface area contributed by atoms with Gasteiger partial charge in [-0.15, -0.1) is 5.10 Å². The number of nitrogens with zero attached hydrogens (tertiary/aromatic N) is 3. The van der Waals surface area contributed by atoms with Crippen LogP contribution in [-0.4, -0.2) is 33.4 Å². The number of hydrogen-bond donors (Lipinski definition) is 0. The van der Waals surface area contributed by atoms with Gasteiger partial charge in [0.05, 0.1) is 11.9 Å². The molecule has 0 amide bonds. The van der Waals surface area contributed by atoms with Crippen molar-refractivity contribution in [2.45, 2.75) is 38.5 Å². The van der Waals surface area contributed by atoms with Gasteiger partial charge in [0.25, 0.3) is 0 Å². The molecule has 0 radical (unpaired) electrons. The third-order valence-corrected chi connectivity index (χ3v) is 6.65. The molecule has 0 spiro atoms. The van der Waals surface area contributed by atoms with Gasteiger partial charge in [0.1, 0.15) is 0 Å². The van der Waals surface area contributed by atoms with E-state index in [4.69, 9.17) is 4.74 Å². The Morgan fingerprint density at radius 2 is 1.67 bits per heavy atom. The maximum Gasteiger partial charge on any atom is 0.360 e. The van der Waals surface area contributed by atoms with Crippen LogP contribution in [0, 0.1) is 23.2 Å². The molecule has 0 atom stereocenters. The summed E-state index contributed by atoms with van der Waals surface area (Å²) in [5.74, 6) is 1.60. The molecule has 1 heterocycles. The van der Waals surface area contributed by atoms with Crippen molar-refractivity contribution in [2.75, 3.05) is 6.61 Å². The Balaban J connectivity index is 1.24. The normalized spacial score (nSPS) is 31.0. The Labute approximate surface area is 157 Å². The maximum atomic E-state index is 12.9. The van der Waals surface area contributed by atoms with Crippen LogP contribution in [-0.2, 0) is 9.53 Å². The van der Waals surface area contributed by atoms with Crippen LogP contribution in [0.5, 0.6) is 0 Å². The Kier molecular flexibility index (Phi) is 3.88. The number of ether oxygens (including phenoxy) is 1. The van der Waals surface area contributed by atoms with Gasteiger partial charge in [0.15, 0.2) is 18.1 Å². The summed E-state index contributed by atoms with van der Waals surface area (Å²) in [5.41, 5.74) is 0.648. The Morgan fingerprint density at radius 1 is 1.04 bits per heavy atom. The first kappa shape index (κ1) is 16.7. The van der Waals surface area contributed by atoms with Crippen molar-refractivity contribution in [1.29, 1.82) is 0 Å². The molecule has 140 valence electrons. The quantitative estimate of drug-likeness (QED) is 0.761. The smallest absolute Gasteiger partial charge is 0.360 e. The standard InChI is InChI=1S/C21H23N3O3/c25-19(21-9-14-6-15(10-21)8-16(7-14)11-21)13-27-20(26)18-12-22-24(23-18)17-4-2-1-3-5-17/h1-5,12,14-16H,6-11,13H2. The van der Waals surface area contributed by atoms with Crippen molar-refractivity contribution in [3.8, 4) is 5.69 Å². The van der Waals surface area contributed by atoms with E-state index in [1.54, 1.807) is 0 Å². The summed E-state index contributed by atoms with van der Waals surface area (Å²) in [4.78, 5) is 26.7. The number of rotatable bonds is 5. The van der Waals surface area contributed by atoms with Gasteiger partial charge in [-0.3, -0.25) is 4.79 Å². The highest BCUT2D eigenvalue weighted by Crippen LogP contribution is 2.60. The molecule has 0 N–H and O–H groups in total. The molecule has 1 aromatic carbocycles. The fraction of sp³-hybridized carbons (Fsp3) is 0.524. The first-order valence-corrected chi connectivity index (χ1v) is 9.79. The second-order valence-corrected chi connectivity index (χ2v) is 8.55. The summed E-state index contributed by atoms with van der Waals surface area (Å²) in [6, 6.07) is 9.36. The van der Waals surface area contributed by atoms with Gasteiger partial charge in [-0.05, 0) is 68.4 Å². The summed E-state index contributed by atoms with van der Waals surface area (Å²) < 4.78 is 5.32. The molecule has 4 bridgehead atoms. The second kappa shape index (κ2) is 6.29. The molecule has 4 aliphatic carbocycles. The molecule has 4 fully saturated rings. The van der Waals surface area contributed by atoms with Gasteiger partial charge in [-0.2, -0.15) is 9.90 Å². The number of ketones is 1. The van der Waals surface area contributed by atoms with Crippen molar-refractivity contribution in [2.24, 2.45) is 23.2 Å². The highest BCUT2D eigenvalue weighted by molar-refractivity contribution is 5.91. The third kappa shape index (κ3) is 2.97. The molecule has 27 heavy (non-hydrogen) atoms. The highest BCUT2D eigenvalue weighted by atomic mass is 16.5. The number of carbonyl (C=O) groups excluding carboxylic acids is 2. The summed E-state index contributed by atoms with van der Waals surface area (Å²) in [6.45, 7) is -0.150. The molecular weight excluding hydrogens is 342 g/mol. The Bertz CT molecular complexity index is 839. The van der Waals surface area contributed by atoms with Gasteiger partial charge in [-0.1, -0.05) is 18.2 Å². The van der Waals surface area contributed by atoms with Crippen molar-refractivity contribution < 1.29 is 14.3 Å². The molecule has 0 saturated heterocycles. The Morgan fingerprint density at radius 3 is 2.30 bits per heavy atom. The largest absolute Gasteiger partial charge is 0.453 e. The lowest BCUT2D eigenvalue weighted by Crippen LogP contribution is -2.51. The van der Waals surface area contributed by atoms with E-state index < -0.39 is 5.97 Å². The number of carbonyl (C=O) groups is 2. The fourth-order valence-electron chi connectivity index (χ4n) is 5.85. The van der Waals surface area contributed by atoms with Gasteiger partial charge >= 0.3 is 5.97 Å². The van der Waals surface area contributed by atoms with Crippen LogP contribution in [0.15, 0.2) is 36.5 Å².